The molecule has 1 fully saturated rings. The van der Waals surface area contributed by atoms with Gasteiger partial charge in [0.1, 0.15) is 15.7 Å². The molecule has 0 spiro atoms. The largest absolute Gasteiger partial charge is 0.262 e. The molecule has 1 aliphatic rings. The van der Waals surface area contributed by atoms with Crippen LogP contribution in [0.1, 0.15) is 24.4 Å². The molecule has 0 bridgehead atoms. The minimum Gasteiger partial charge on any atom is -0.262 e. The van der Waals surface area contributed by atoms with Gasteiger partial charge in [-0.3, -0.25) is 4.68 Å². The summed E-state index contributed by atoms with van der Waals surface area (Å²) in [7, 11) is -2.89. The van der Waals surface area contributed by atoms with Crippen LogP contribution < -0.4 is 0 Å². The van der Waals surface area contributed by atoms with E-state index in [0.29, 0.717) is 18.2 Å². The van der Waals surface area contributed by atoms with Gasteiger partial charge in [-0.25, -0.2) is 12.8 Å². The third-order valence-electron chi connectivity index (χ3n) is 3.68. The van der Waals surface area contributed by atoms with Crippen LogP contribution >= 0.6 is 0 Å². The molecule has 1 aliphatic heterocycles. The maximum atomic E-state index is 13.8. The van der Waals surface area contributed by atoms with E-state index >= 15 is 0 Å². The van der Waals surface area contributed by atoms with Crippen LogP contribution in [-0.2, 0) is 9.84 Å². The van der Waals surface area contributed by atoms with Gasteiger partial charge in [0.05, 0.1) is 34.6 Å². The second-order valence-corrected chi connectivity index (χ2v) is 7.46. The monoisotopic (exact) mass is 282 g/mol. The molecule has 4 nitrogen and oxygen atoms in total. The van der Waals surface area contributed by atoms with Crippen molar-refractivity contribution in [3.63, 3.8) is 0 Å². The Labute approximate surface area is 111 Å². The summed E-state index contributed by atoms with van der Waals surface area (Å²) in [5.74, 6) is 0.102. The number of sulfone groups is 1. The molecule has 0 aliphatic carbocycles. The molecule has 3 rings (SSSR count). The minimum atomic E-state index is -2.89. The third kappa shape index (κ3) is 2.25. The van der Waals surface area contributed by atoms with Crippen molar-refractivity contribution >= 4 is 20.7 Å². The maximum absolute atomic E-state index is 13.8. The highest BCUT2D eigenvalue weighted by Crippen LogP contribution is 2.28. The highest BCUT2D eigenvalue weighted by atomic mass is 32.2. The predicted octanol–water partition coefficient (Wildman–Crippen LogP) is 2.23. The van der Waals surface area contributed by atoms with Gasteiger partial charge < -0.3 is 0 Å². The number of halogens is 1. The van der Waals surface area contributed by atoms with Gasteiger partial charge in [0, 0.05) is 0 Å². The average Bonchev–Trinajstić information content (AvgIpc) is 2.73. The molecule has 1 aromatic carbocycles. The van der Waals surface area contributed by atoms with E-state index in [0.717, 1.165) is 11.1 Å². The van der Waals surface area contributed by atoms with Crippen LogP contribution in [0.25, 0.3) is 10.9 Å². The lowest BCUT2D eigenvalue weighted by Crippen LogP contribution is -2.26. The Morgan fingerprint density at radius 2 is 2.00 bits per heavy atom. The molecule has 0 amide bonds. The van der Waals surface area contributed by atoms with Gasteiger partial charge in [0.15, 0.2) is 0 Å². The van der Waals surface area contributed by atoms with Crippen LogP contribution in [0.4, 0.5) is 4.39 Å². The zero-order valence-corrected chi connectivity index (χ0v) is 11.5. The summed E-state index contributed by atoms with van der Waals surface area (Å²) < 4.78 is 38.5. The van der Waals surface area contributed by atoms with E-state index in [2.05, 4.69) is 5.10 Å². The van der Waals surface area contributed by atoms with Gasteiger partial charge in [-0.05, 0) is 37.5 Å². The van der Waals surface area contributed by atoms with Gasteiger partial charge in [0.2, 0.25) is 0 Å². The van der Waals surface area contributed by atoms with E-state index in [-0.39, 0.29) is 23.4 Å². The van der Waals surface area contributed by atoms with Crippen molar-refractivity contribution in [2.24, 2.45) is 0 Å². The molecule has 0 N–H and O–H groups in total. The first-order valence-corrected chi connectivity index (χ1v) is 8.12. The number of benzene rings is 1. The van der Waals surface area contributed by atoms with Crippen LogP contribution in [0.15, 0.2) is 18.3 Å². The Bertz CT molecular complexity index is 722. The van der Waals surface area contributed by atoms with Gasteiger partial charge in [0.25, 0.3) is 0 Å². The summed E-state index contributed by atoms with van der Waals surface area (Å²) in [4.78, 5) is 0. The van der Waals surface area contributed by atoms with Gasteiger partial charge >= 0.3 is 0 Å². The number of hydrogen-bond acceptors (Lipinski definition) is 3. The second kappa shape index (κ2) is 4.30. The topological polar surface area (TPSA) is 52.0 Å². The lowest BCUT2D eigenvalue weighted by molar-refractivity contribution is 0.424. The Morgan fingerprint density at radius 3 is 2.68 bits per heavy atom. The number of aryl methyl sites for hydroxylation is 1. The highest BCUT2D eigenvalue weighted by molar-refractivity contribution is 7.91. The Kier molecular flexibility index (Phi) is 2.85. The van der Waals surface area contributed by atoms with Crippen molar-refractivity contribution < 1.29 is 12.8 Å². The van der Waals surface area contributed by atoms with E-state index in [1.165, 1.54) is 12.3 Å². The van der Waals surface area contributed by atoms with Crippen LogP contribution in [0.5, 0.6) is 0 Å². The fraction of sp³-hybridized carbons (Fsp3) is 0.462. The first-order chi connectivity index (χ1) is 8.96. The molecule has 0 unspecified atom stereocenters. The van der Waals surface area contributed by atoms with Crippen molar-refractivity contribution in [2.75, 3.05) is 11.5 Å². The number of aromatic nitrogens is 2. The molecule has 2 heterocycles. The Hall–Kier alpha value is -1.43. The quantitative estimate of drug-likeness (QED) is 0.806. The standard InChI is InChI=1S/C13H15FN2O2S/c1-9-6-12(14)11-8-15-16(13(11)7-9)10-2-4-19(17,18)5-3-10/h6-8,10H,2-5H2,1H3. The van der Waals surface area contributed by atoms with E-state index in [9.17, 15) is 12.8 Å². The fourth-order valence-electron chi connectivity index (χ4n) is 2.65. The first-order valence-electron chi connectivity index (χ1n) is 6.30. The molecule has 6 heteroatoms. The van der Waals surface area contributed by atoms with E-state index in [1.807, 2.05) is 13.0 Å². The SMILES string of the molecule is Cc1cc(F)c2cnn(C3CCS(=O)(=O)CC3)c2c1. The maximum Gasteiger partial charge on any atom is 0.150 e. The van der Waals surface area contributed by atoms with Crippen LogP contribution in [0, 0.1) is 12.7 Å². The number of rotatable bonds is 1. The van der Waals surface area contributed by atoms with Crippen molar-refractivity contribution in [2.45, 2.75) is 25.8 Å². The normalized spacial score (nSPS) is 19.9. The van der Waals surface area contributed by atoms with Gasteiger partial charge in [-0.2, -0.15) is 5.10 Å². The van der Waals surface area contributed by atoms with Crippen molar-refractivity contribution in [3.05, 3.63) is 29.7 Å². The minimum absolute atomic E-state index is 0.0437. The zero-order chi connectivity index (χ0) is 13.6. The molecule has 19 heavy (non-hydrogen) atoms. The second-order valence-electron chi connectivity index (χ2n) is 5.15. The Morgan fingerprint density at radius 1 is 1.32 bits per heavy atom. The molecule has 1 aromatic heterocycles. The molecular weight excluding hydrogens is 267 g/mol. The van der Waals surface area contributed by atoms with E-state index in [1.54, 1.807) is 4.68 Å². The smallest absolute Gasteiger partial charge is 0.150 e. The van der Waals surface area contributed by atoms with Crippen LogP contribution in [0.3, 0.4) is 0 Å². The van der Waals surface area contributed by atoms with E-state index in [4.69, 9.17) is 0 Å². The lowest BCUT2D eigenvalue weighted by atomic mass is 10.1. The molecule has 0 radical (unpaired) electrons. The molecule has 0 saturated carbocycles. The lowest BCUT2D eigenvalue weighted by Gasteiger charge is -2.23. The van der Waals surface area contributed by atoms with Crippen LogP contribution in [-0.4, -0.2) is 29.7 Å². The average molecular weight is 282 g/mol. The summed E-state index contributed by atoms with van der Waals surface area (Å²) in [5.41, 5.74) is 1.59. The molecule has 2 aromatic rings. The van der Waals surface area contributed by atoms with Crippen molar-refractivity contribution in [1.29, 1.82) is 0 Å². The predicted molar refractivity (Wildman–Crippen MR) is 71.4 cm³/mol. The summed E-state index contributed by atoms with van der Waals surface area (Å²) in [6, 6.07) is 3.43. The number of fused-ring (bicyclic) bond motifs is 1. The van der Waals surface area contributed by atoms with Crippen LogP contribution in [0.2, 0.25) is 0 Å². The Balaban J connectivity index is 2.02. The zero-order valence-electron chi connectivity index (χ0n) is 10.6. The third-order valence-corrected chi connectivity index (χ3v) is 5.40. The number of nitrogens with zero attached hydrogens (tertiary/aromatic N) is 2. The molecule has 0 atom stereocenters. The van der Waals surface area contributed by atoms with Crippen molar-refractivity contribution in [3.8, 4) is 0 Å². The summed E-state index contributed by atoms with van der Waals surface area (Å²) >= 11 is 0. The highest BCUT2D eigenvalue weighted by Gasteiger charge is 2.26. The molecular formula is C13H15FN2O2S. The molecule has 102 valence electrons. The van der Waals surface area contributed by atoms with Crippen molar-refractivity contribution in [1.82, 2.24) is 9.78 Å². The summed E-state index contributed by atoms with van der Waals surface area (Å²) in [5, 5.41) is 4.75. The number of hydrogen-bond donors (Lipinski definition) is 0. The fourth-order valence-corrected chi connectivity index (χ4v) is 4.11. The van der Waals surface area contributed by atoms with E-state index < -0.39 is 9.84 Å². The van der Waals surface area contributed by atoms with Gasteiger partial charge in [-0.1, -0.05) is 0 Å². The summed E-state index contributed by atoms with van der Waals surface area (Å²) in [6.07, 6.45) is 2.62. The first kappa shape index (κ1) is 12.6. The summed E-state index contributed by atoms with van der Waals surface area (Å²) in [6.45, 7) is 1.84. The molecule has 1 saturated heterocycles. The van der Waals surface area contributed by atoms with Gasteiger partial charge in [-0.15, -0.1) is 0 Å².